The number of ether oxygens (including phenoxy) is 2. The van der Waals surface area contributed by atoms with Crippen LogP contribution in [0, 0.1) is 0 Å². The van der Waals surface area contributed by atoms with Gasteiger partial charge in [0.1, 0.15) is 0 Å². The zero-order valence-corrected chi connectivity index (χ0v) is 9.62. The summed E-state index contributed by atoms with van der Waals surface area (Å²) in [6, 6.07) is 6.21. The van der Waals surface area contributed by atoms with E-state index in [1.54, 1.807) is 14.2 Å². The minimum absolute atomic E-state index is 0.234. The molecular weight excluding hydrogens is 190 g/mol. The van der Waals surface area contributed by atoms with E-state index in [0.717, 1.165) is 24.3 Å². The smallest absolute Gasteiger partial charge is 0.160 e. The molecule has 15 heavy (non-hydrogen) atoms. The Morgan fingerprint density at radius 1 is 1.20 bits per heavy atom. The van der Waals surface area contributed by atoms with Gasteiger partial charge in [-0.1, -0.05) is 6.07 Å². The molecule has 0 heterocycles. The van der Waals surface area contributed by atoms with Crippen LogP contribution in [-0.2, 0) is 6.42 Å². The van der Waals surface area contributed by atoms with E-state index in [0.29, 0.717) is 0 Å². The van der Waals surface area contributed by atoms with Gasteiger partial charge >= 0.3 is 0 Å². The van der Waals surface area contributed by atoms with E-state index in [1.165, 1.54) is 5.56 Å². The van der Waals surface area contributed by atoms with Crippen molar-refractivity contribution in [3.05, 3.63) is 23.8 Å². The Labute approximate surface area is 91.2 Å². The molecule has 0 bridgehead atoms. The summed E-state index contributed by atoms with van der Waals surface area (Å²) in [5.74, 6) is 1.54. The molecule has 1 atom stereocenters. The van der Waals surface area contributed by atoms with Gasteiger partial charge in [0.05, 0.1) is 14.2 Å². The average Bonchev–Trinajstić information content (AvgIpc) is 2.25. The molecule has 0 aromatic heterocycles. The predicted octanol–water partition coefficient (Wildman–Crippen LogP) is 1.98. The van der Waals surface area contributed by atoms with Gasteiger partial charge in [-0.3, -0.25) is 0 Å². The molecular formula is C12H19NO2. The Morgan fingerprint density at radius 3 is 2.40 bits per heavy atom. The molecule has 2 N–H and O–H groups in total. The molecule has 0 aliphatic rings. The largest absolute Gasteiger partial charge is 0.493 e. The van der Waals surface area contributed by atoms with Crippen LogP contribution in [0.2, 0.25) is 0 Å². The third-order valence-corrected chi connectivity index (χ3v) is 2.34. The number of hydrogen-bond donors (Lipinski definition) is 1. The average molecular weight is 209 g/mol. The van der Waals surface area contributed by atoms with Crippen molar-refractivity contribution >= 4 is 0 Å². The first-order valence-corrected chi connectivity index (χ1v) is 5.14. The molecule has 0 radical (unpaired) electrons. The first-order valence-electron chi connectivity index (χ1n) is 5.14. The molecule has 0 unspecified atom stereocenters. The van der Waals surface area contributed by atoms with E-state index >= 15 is 0 Å². The number of benzene rings is 1. The standard InChI is InChI=1S/C12H19NO2/c1-9(13)4-5-10-6-7-11(14-2)12(8-10)15-3/h6-9H,4-5,13H2,1-3H3/t9-/m0/s1. The molecule has 0 fully saturated rings. The highest BCUT2D eigenvalue weighted by atomic mass is 16.5. The van der Waals surface area contributed by atoms with Crippen molar-refractivity contribution in [2.45, 2.75) is 25.8 Å². The highest BCUT2D eigenvalue weighted by molar-refractivity contribution is 5.42. The lowest BCUT2D eigenvalue weighted by Crippen LogP contribution is -2.15. The van der Waals surface area contributed by atoms with Crippen LogP contribution in [0.4, 0.5) is 0 Å². The maximum atomic E-state index is 5.71. The van der Waals surface area contributed by atoms with Gasteiger partial charge in [-0.2, -0.15) is 0 Å². The van der Waals surface area contributed by atoms with E-state index in [-0.39, 0.29) is 6.04 Å². The summed E-state index contributed by atoms with van der Waals surface area (Å²) in [7, 11) is 3.28. The molecule has 1 aromatic carbocycles. The molecule has 1 rings (SSSR count). The number of aryl methyl sites for hydroxylation is 1. The summed E-state index contributed by atoms with van der Waals surface area (Å²) >= 11 is 0. The summed E-state index contributed by atoms with van der Waals surface area (Å²) in [5.41, 5.74) is 6.94. The lowest BCUT2D eigenvalue weighted by atomic mass is 10.1. The van der Waals surface area contributed by atoms with Crippen molar-refractivity contribution in [1.82, 2.24) is 0 Å². The van der Waals surface area contributed by atoms with Crippen LogP contribution in [0.25, 0.3) is 0 Å². The second-order valence-corrected chi connectivity index (χ2v) is 3.71. The van der Waals surface area contributed by atoms with Crippen LogP contribution in [0.15, 0.2) is 18.2 Å². The van der Waals surface area contributed by atoms with Gasteiger partial charge in [-0.05, 0) is 37.5 Å². The first kappa shape index (κ1) is 11.9. The molecule has 0 saturated heterocycles. The second-order valence-electron chi connectivity index (χ2n) is 3.71. The maximum absolute atomic E-state index is 5.71. The minimum atomic E-state index is 0.234. The van der Waals surface area contributed by atoms with Gasteiger partial charge < -0.3 is 15.2 Å². The van der Waals surface area contributed by atoms with Gasteiger partial charge in [0.15, 0.2) is 11.5 Å². The second kappa shape index (κ2) is 5.61. The number of methoxy groups -OCH3 is 2. The van der Waals surface area contributed by atoms with Crippen LogP contribution in [0.3, 0.4) is 0 Å². The lowest BCUT2D eigenvalue weighted by Gasteiger charge is -2.10. The van der Waals surface area contributed by atoms with E-state index in [2.05, 4.69) is 0 Å². The van der Waals surface area contributed by atoms with Crippen molar-refractivity contribution in [3.8, 4) is 11.5 Å². The molecule has 84 valence electrons. The van der Waals surface area contributed by atoms with Crippen LogP contribution in [0.5, 0.6) is 11.5 Å². The fraction of sp³-hybridized carbons (Fsp3) is 0.500. The van der Waals surface area contributed by atoms with Crippen molar-refractivity contribution in [2.75, 3.05) is 14.2 Å². The summed E-state index contributed by atoms with van der Waals surface area (Å²) < 4.78 is 10.4. The van der Waals surface area contributed by atoms with Gasteiger partial charge in [0, 0.05) is 6.04 Å². The highest BCUT2D eigenvalue weighted by Crippen LogP contribution is 2.27. The van der Waals surface area contributed by atoms with Gasteiger partial charge in [-0.25, -0.2) is 0 Å². The monoisotopic (exact) mass is 209 g/mol. The van der Waals surface area contributed by atoms with E-state index in [4.69, 9.17) is 15.2 Å². The molecule has 0 saturated carbocycles. The highest BCUT2D eigenvalue weighted by Gasteiger charge is 2.04. The van der Waals surface area contributed by atoms with E-state index in [9.17, 15) is 0 Å². The van der Waals surface area contributed by atoms with Crippen LogP contribution < -0.4 is 15.2 Å². The summed E-state index contributed by atoms with van der Waals surface area (Å²) in [6.07, 6.45) is 1.95. The number of hydrogen-bond acceptors (Lipinski definition) is 3. The topological polar surface area (TPSA) is 44.5 Å². The van der Waals surface area contributed by atoms with E-state index < -0.39 is 0 Å². The lowest BCUT2D eigenvalue weighted by molar-refractivity contribution is 0.354. The van der Waals surface area contributed by atoms with E-state index in [1.807, 2.05) is 25.1 Å². The van der Waals surface area contributed by atoms with Crippen molar-refractivity contribution in [2.24, 2.45) is 5.73 Å². The van der Waals surface area contributed by atoms with Gasteiger partial charge in [0.25, 0.3) is 0 Å². The number of nitrogens with two attached hydrogens (primary N) is 1. The molecule has 3 heteroatoms. The Morgan fingerprint density at radius 2 is 1.87 bits per heavy atom. The van der Waals surface area contributed by atoms with Gasteiger partial charge in [-0.15, -0.1) is 0 Å². The van der Waals surface area contributed by atoms with Gasteiger partial charge in [0.2, 0.25) is 0 Å². The van der Waals surface area contributed by atoms with Crippen LogP contribution in [0.1, 0.15) is 18.9 Å². The SMILES string of the molecule is COc1ccc(CC[C@H](C)N)cc1OC. The zero-order chi connectivity index (χ0) is 11.3. The minimum Gasteiger partial charge on any atom is -0.493 e. The predicted molar refractivity (Wildman–Crippen MR) is 61.5 cm³/mol. The fourth-order valence-corrected chi connectivity index (χ4v) is 1.43. The summed E-state index contributed by atoms with van der Waals surface area (Å²) in [6.45, 7) is 2.01. The quantitative estimate of drug-likeness (QED) is 0.806. The summed E-state index contributed by atoms with van der Waals surface area (Å²) in [4.78, 5) is 0. The third kappa shape index (κ3) is 3.44. The summed E-state index contributed by atoms with van der Waals surface area (Å²) in [5, 5.41) is 0. The fourth-order valence-electron chi connectivity index (χ4n) is 1.43. The van der Waals surface area contributed by atoms with Crippen LogP contribution >= 0.6 is 0 Å². The Kier molecular flexibility index (Phi) is 4.43. The Balaban J connectivity index is 2.74. The molecule has 0 amide bonds. The van der Waals surface area contributed by atoms with Crippen molar-refractivity contribution < 1.29 is 9.47 Å². The Hall–Kier alpha value is -1.22. The molecule has 0 aliphatic heterocycles. The van der Waals surface area contributed by atoms with Crippen molar-refractivity contribution in [3.63, 3.8) is 0 Å². The molecule has 3 nitrogen and oxygen atoms in total. The van der Waals surface area contributed by atoms with Crippen LogP contribution in [-0.4, -0.2) is 20.3 Å². The third-order valence-electron chi connectivity index (χ3n) is 2.34. The molecule has 0 aliphatic carbocycles. The number of rotatable bonds is 5. The maximum Gasteiger partial charge on any atom is 0.160 e. The Bertz CT molecular complexity index is 310. The molecule has 1 aromatic rings. The zero-order valence-electron chi connectivity index (χ0n) is 9.62. The molecule has 0 spiro atoms. The normalized spacial score (nSPS) is 12.3. The van der Waals surface area contributed by atoms with Crippen molar-refractivity contribution in [1.29, 1.82) is 0 Å². The first-order chi connectivity index (χ1) is 7.17.